The van der Waals surface area contributed by atoms with Gasteiger partial charge in [-0.15, -0.1) is 0 Å². The van der Waals surface area contributed by atoms with Gasteiger partial charge >= 0.3 is 0 Å². The van der Waals surface area contributed by atoms with Crippen molar-refractivity contribution in [3.05, 3.63) is 0 Å². The lowest BCUT2D eigenvalue weighted by atomic mass is 9.98. The summed E-state index contributed by atoms with van der Waals surface area (Å²) in [5.41, 5.74) is -1.20. The fourth-order valence-electron chi connectivity index (χ4n) is 4.88. The normalized spacial score (nSPS) is 45.1. The number of nitrogens with one attached hydrogen (secondary N) is 2. The smallest absolute Gasteiger partial charge is 0.254 e. The monoisotopic (exact) mass is 339 g/mol. The Morgan fingerprint density at radius 2 is 2.33 bits per heavy atom. The van der Waals surface area contributed by atoms with E-state index in [0.29, 0.717) is 25.5 Å². The van der Waals surface area contributed by atoms with Gasteiger partial charge in [0.05, 0.1) is 12.7 Å². The molecule has 3 heterocycles. The number of carbonyl (C=O) groups excluding carboxylic acids is 1. The van der Waals surface area contributed by atoms with E-state index in [-0.39, 0.29) is 30.1 Å². The Bertz CT molecular complexity index is 490. The summed E-state index contributed by atoms with van der Waals surface area (Å²) < 4.78 is 11.0. The largest absolute Gasteiger partial charge is 0.380 e. The van der Waals surface area contributed by atoms with Crippen molar-refractivity contribution in [2.45, 2.75) is 68.0 Å². The van der Waals surface area contributed by atoms with Gasteiger partial charge in [0.15, 0.2) is 0 Å². The molecule has 3 N–H and O–H groups in total. The molecule has 7 nitrogen and oxygen atoms in total. The number of amides is 1. The first-order chi connectivity index (χ1) is 11.6. The van der Waals surface area contributed by atoms with Crippen molar-refractivity contribution in [3.63, 3.8) is 0 Å². The Morgan fingerprint density at radius 3 is 3.04 bits per heavy atom. The maximum Gasteiger partial charge on any atom is 0.254 e. The standard InChI is InChI=1S/C17H29N3O4/c1-23-15-10-24-5-3-14(15)19-11-2-4-17(22,7-11)16(21)20-9-12-6-13(20)8-18-12/h11-15,18-19,22H,2-10H2,1H3/t11-,12+,13+,14+,15-,17-/m1/s1. The molecule has 1 amide bonds. The molecule has 4 rings (SSSR count). The maximum absolute atomic E-state index is 12.9. The minimum absolute atomic E-state index is 0.0449. The number of ether oxygens (including phenoxy) is 2. The first-order valence-corrected chi connectivity index (χ1v) is 9.22. The zero-order valence-electron chi connectivity index (χ0n) is 14.4. The quantitative estimate of drug-likeness (QED) is 0.624. The number of nitrogens with zero attached hydrogens (tertiary/aromatic N) is 1. The van der Waals surface area contributed by atoms with Crippen LogP contribution in [-0.4, -0.2) is 85.2 Å². The van der Waals surface area contributed by atoms with E-state index in [1.54, 1.807) is 7.11 Å². The molecule has 0 unspecified atom stereocenters. The molecule has 3 aliphatic heterocycles. The minimum Gasteiger partial charge on any atom is -0.380 e. The van der Waals surface area contributed by atoms with Crippen LogP contribution < -0.4 is 10.6 Å². The van der Waals surface area contributed by atoms with E-state index in [0.717, 1.165) is 39.0 Å². The molecule has 0 aromatic rings. The molecule has 0 aromatic heterocycles. The Hall–Kier alpha value is -0.730. The molecule has 24 heavy (non-hydrogen) atoms. The third-order valence-electron chi connectivity index (χ3n) is 6.26. The van der Waals surface area contributed by atoms with Crippen LogP contribution in [0.1, 0.15) is 32.1 Å². The molecule has 2 bridgehead atoms. The third-order valence-corrected chi connectivity index (χ3v) is 6.26. The molecule has 6 atom stereocenters. The van der Waals surface area contributed by atoms with Crippen LogP contribution in [0.2, 0.25) is 0 Å². The number of methoxy groups -OCH3 is 1. The average molecular weight is 339 g/mol. The van der Waals surface area contributed by atoms with Gasteiger partial charge in [-0.25, -0.2) is 0 Å². The lowest BCUT2D eigenvalue weighted by Crippen LogP contribution is -2.55. The van der Waals surface area contributed by atoms with Crippen molar-refractivity contribution in [2.75, 3.05) is 33.4 Å². The Kier molecular flexibility index (Phi) is 4.55. The Balaban J connectivity index is 1.35. The molecule has 1 aliphatic carbocycles. The lowest BCUT2D eigenvalue weighted by molar-refractivity contribution is -0.152. The zero-order valence-corrected chi connectivity index (χ0v) is 14.4. The van der Waals surface area contributed by atoms with E-state index in [1.807, 2.05) is 4.90 Å². The first-order valence-electron chi connectivity index (χ1n) is 9.22. The van der Waals surface area contributed by atoms with Gasteiger partial charge in [0, 0.05) is 57.4 Å². The molecule has 7 heteroatoms. The third kappa shape index (κ3) is 2.97. The van der Waals surface area contributed by atoms with E-state index < -0.39 is 5.60 Å². The minimum atomic E-state index is -1.20. The van der Waals surface area contributed by atoms with E-state index >= 15 is 0 Å². The van der Waals surface area contributed by atoms with Crippen molar-refractivity contribution in [1.82, 2.24) is 15.5 Å². The summed E-state index contributed by atoms with van der Waals surface area (Å²) in [6.07, 6.45) is 3.86. The fraction of sp³-hybridized carbons (Fsp3) is 0.941. The van der Waals surface area contributed by atoms with E-state index in [4.69, 9.17) is 9.47 Å². The van der Waals surface area contributed by atoms with Crippen molar-refractivity contribution in [1.29, 1.82) is 0 Å². The van der Waals surface area contributed by atoms with Crippen LogP contribution in [-0.2, 0) is 14.3 Å². The summed E-state index contributed by atoms with van der Waals surface area (Å²) in [4.78, 5) is 14.8. The molecule has 4 aliphatic rings. The van der Waals surface area contributed by atoms with Gasteiger partial charge in [-0.3, -0.25) is 4.79 Å². The van der Waals surface area contributed by atoms with Gasteiger partial charge in [0.1, 0.15) is 5.60 Å². The molecule has 0 spiro atoms. The molecule has 1 saturated carbocycles. The van der Waals surface area contributed by atoms with Gasteiger partial charge in [-0.2, -0.15) is 0 Å². The van der Waals surface area contributed by atoms with Crippen molar-refractivity contribution >= 4 is 5.91 Å². The number of rotatable bonds is 4. The first kappa shape index (κ1) is 16.7. The highest BCUT2D eigenvalue weighted by atomic mass is 16.5. The summed E-state index contributed by atoms with van der Waals surface area (Å²) in [7, 11) is 1.71. The fourth-order valence-corrected chi connectivity index (χ4v) is 4.88. The maximum atomic E-state index is 12.9. The second-order valence-electron chi connectivity index (χ2n) is 7.83. The Morgan fingerprint density at radius 1 is 1.46 bits per heavy atom. The van der Waals surface area contributed by atoms with Crippen LogP contribution in [0, 0.1) is 0 Å². The molecular formula is C17H29N3O4. The van der Waals surface area contributed by atoms with Crippen molar-refractivity contribution < 1.29 is 19.4 Å². The van der Waals surface area contributed by atoms with Crippen molar-refractivity contribution in [2.24, 2.45) is 0 Å². The van der Waals surface area contributed by atoms with E-state index in [9.17, 15) is 9.90 Å². The summed E-state index contributed by atoms with van der Waals surface area (Å²) in [5.74, 6) is -0.0592. The van der Waals surface area contributed by atoms with Crippen LogP contribution in [0.15, 0.2) is 0 Å². The summed E-state index contributed by atoms with van der Waals surface area (Å²) in [6, 6.07) is 1.09. The average Bonchev–Trinajstić information content (AvgIpc) is 3.31. The SMILES string of the molecule is CO[C@@H]1COCC[C@@H]1N[C@@H]1CC[C@](O)(C(=O)N2C[C@@H]3C[C@H]2CN3)C1. The second kappa shape index (κ2) is 6.53. The molecular weight excluding hydrogens is 310 g/mol. The molecule has 136 valence electrons. The van der Waals surface area contributed by atoms with Crippen LogP contribution in [0.25, 0.3) is 0 Å². The molecule has 0 radical (unpaired) electrons. The number of hydrogen-bond acceptors (Lipinski definition) is 6. The van der Waals surface area contributed by atoms with Gasteiger partial charge in [-0.05, 0) is 25.7 Å². The Labute approximate surface area is 143 Å². The highest BCUT2D eigenvalue weighted by molar-refractivity contribution is 5.86. The number of fused-ring (bicyclic) bond motifs is 2. The summed E-state index contributed by atoms with van der Waals surface area (Å²) in [6.45, 7) is 2.95. The van der Waals surface area contributed by atoms with Gasteiger partial charge in [0.25, 0.3) is 5.91 Å². The van der Waals surface area contributed by atoms with E-state index in [1.165, 1.54) is 0 Å². The number of hydrogen-bond donors (Lipinski definition) is 3. The van der Waals surface area contributed by atoms with Crippen molar-refractivity contribution in [3.8, 4) is 0 Å². The lowest BCUT2D eigenvalue weighted by Gasteiger charge is -2.35. The number of piperazine rings is 1. The predicted octanol–water partition coefficient (Wildman–Crippen LogP) is -0.764. The molecule has 0 aromatic carbocycles. The van der Waals surface area contributed by atoms with Gasteiger partial charge in [0.2, 0.25) is 0 Å². The number of aliphatic hydroxyl groups is 1. The number of carbonyl (C=O) groups is 1. The molecule has 4 fully saturated rings. The number of likely N-dealkylation sites (tertiary alicyclic amines) is 1. The second-order valence-corrected chi connectivity index (χ2v) is 7.83. The topological polar surface area (TPSA) is 83.1 Å². The predicted molar refractivity (Wildman–Crippen MR) is 87.7 cm³/mol. The van der Waals surface area contributed by atoms with Crippen LogP contribution >= 0.6 is 0 Å². The van der Waals surface area contributed by atoms with Gasteiger partial charge in [-0.1, -0.05) is 0 Å². The highest BCUT2D eigenvalue weighted by Crippen LogP contribution is 2.35. The molecule has 3 saturated heterocycles. The van der Waals surface area contributed by atoms with E-state index in [2.05, 4.69) is 10.6 Å². The highest BCUT2D eigenvalue weighted by Gasteiger charge is 2.50. The van der Waals surface area contributed by atoms with Crippen LogP contribution in [0.4, 0.5) is 0 Å². The van der Waals surface area contributed by atoms with Crippen LogP contribution in [0.3, 0.4) is 0 Å². The summed E-state index contributed by atoms with van der Waals surface area (Å²) >= 11 is 0. The van der Waals surface area contributed by atoms with Crippen LogP contribution in [0.5, 0.6) is 0 Å². The zero-order chi connectivity index (χ0) is 16.7. The van der Waals surface area contributed by atoms with Gasteiger partial charge < -0.3 is 30.1 Å². The summed E-state index contributed by atoms with van der Waals surface area (Å²) in [5, 5.41) is 18.0.